The maximum absolute atomic E-state index is 11.8. The molecule has 18 heavy (non-hydrogen) atoms. The summed E-state index contributed by atoms with van der Waals surface area (Å²) in [5, 5.41) is 22.0. The van der Waals surface area contributed by atoms with E-state index in [0.717, 1.165) is 6.07 Å². The van der Waals surface area contributed by atoms with Crippen molar-refractivity contribution >= 4 is 17.3 Å². The van der Waals surface area contributed by atoms with Crippen molar-refractivity contribution in [3.05, 3.63) is 33.9 Å². The molecule has 1 amide bonds. The van der Waals surface area contributed by atoms with Crippen LogP contribution in [0, 0.1) is 26.9 Å². The summed E-state index contributed by atoms with van der Waals surface area (Å²) in [5.41, 5.74) is -0.664. The Morgan fingerprint density at radius 1 is 1.44 bits per heavy atom. The molecule has 94 valence electrons. The fourth-order valence-corrected chi connectivity index (χ4v) is 1.17. The van der Waals surface area contributed by atoms with Crippen LogP contribution in [-0.4, -0.2) is 10.8 Å². The molecule has 0 heterocycles. The molecule has 1 N–H and O–H groups in total. The number of carbonyl (C=O) groups is 1. The van der Waals surface area contributed by atoms with Crippen molar-refractivity contribution in [2.75, 3.05) is 5.32 Å². The second-order valence-electron chi connectivity index (χ2n) is 4.80. The van der Waals surface area contributed by atoms with E-state index in [0.29, 0.717) is 0 Å². The lowest BCUT2D eigenvalue weighted by Gasteiger charge is -2.17. The van der Waals surface area contributed by atoms with Crippen molar-refractivity contribution in [1.29, 1.82) is 5.26 Å². The van der Waals surface area contributed by atoms with Crippen molar-refractivity contribution in [3.63, 3.8) is 0 Å². The Labute approximate surface area is 104 Å². The van der Waals surface area contributed by atoms with Crippen LogP contribution in [0.5, 0.6) is 0 Å². The predicted octanol–water partition coefficient (Wildman–Crippen LogP) is 2.45. The highest BCUT2D eigenvalue weighted by molar-refractivity contribution is 5.96. The van der Waals surface area contributed by atoms with E-state index in [1.165, 1.54) is 12.1 Å². The van der Waals surface area contributed by atoms with Gasteiger partial charge in [0.2, 0.25) is 5.91 Å². The molecule has 0 aliphatic rings. The maximum atomic E-state index is 11.8. The number of amides is 1. The molecule has 0 aliphatic carbocycles. The van der Waals surface area contributed by atoms with Crippen LogP contribution < -0.4 is 5.32 Å². The van der Waals surface area contributed by atoms with Gasteiger partial charge in [-0.3, -0.25) is 14.9 Å². The number of benzene rings is 1. The van der Waals surface area contributed by atoms with Gasteiger partial charge in [-0.1, -0.05) is 20.8 Å². The van der Waals surface area contributed by atoms with Crippen LogP contribution in [0.2, 0.25) is 0 Å². The minimum absolute atomic E-state index is 0.0962. The van der Waals surface area contributed by atoms with Gasteiger partial charge < -0.3 is 5.32 Å². The van der Waals surface area contributed by atoms with E-state index in [1.807, 2.05) is 6.07 Å². The van der Waals surface area contributed by atoms with E-state index in [4.69, 9.17) is 5.26 Å². The summed E-state index contributed by atoms with van der Waals surface area (Å²) in [4.78, 5) is 22.0. The molecule has 0 aromatic heterocycles. The second-order valence-corrected chi connectivity index (χ2v) is 4.80. The molecule has 1 aromatic carbocycles. The first kappa shape index (κ1) is 13.6. The number of nitrogens with zero attached hydrogens (tertiary/aromatic N) is 2. The summed E-state index contributed by atoms with van der Waals surface area (Å²) in [6.45, 7) is 5.12. The predicted molar refractivity (Wildman–Crippen MR) is 65.9 cm³/mol. The molecule has 0 radical (unpaired) electrons. The number of rotatable bonds is 2. The molecule has 0 unspecified atom stereocenters. The second kappa shape index (κ2) is 4.84. The molecule has 0 bridgehead atoms. The number of nitriles is 1. The Hall–Kier alpha value is -2.42. The minimum Gasteiger partial charge on any atom is -0.320 e. The zero-order chi connectivity index (χ0) is 13.9. The van der Waals surface area contributed by atoms with Gasteiger partial charge in [0.1, 0.15) is 5.69 Å². The molecular formula is C12H13N3O3. The van der Waals surface area contributed by atoms with Gasteiger partial charge in [0.05, 0.1) is 16.6 Å². The summed E-state index contributed by atoms with van der Waals surface area (Å²) in [6, 6.07) is 5.74. The van der Waals surface area contributed by atoms with Crippen molar-refractivity contribution in [3.8, 4) is 6.07 Å². The first-order chi connectivity index (χ1) is 8.25. The Balaban J connectivity index is 3.14. The standard InChI is InChI=1S/C12H13N3O3/c1-12(2,3)11(16)14-9-5-4-8(7-13)6-10(9)15(17)18/h4-6H,1-3H3,(H,14,16). The van der Waals surface area contributed by atoms with Crippen molar-refractivity contribution in [2.45, 2.75) is 20.8 Å². The number of anilines is 1. The van der Waals surface area contributed by atoms with Gasteiger partial charge >= 0.3 is 0 Å². The van der Waals surface area contributed by atoms with Crippen LogP contribution in [0.15, 0.2) is 18.2 Å². The third kappa shape index (κ3) is 3.04. The number of nitro benzene ring substituents is 1. The number of nitrogens with one attached hydrogen (secondary N) is 1. The smallest absolute Gasteiger partial charge is 0.294 e. The first-order valence-corrected chi connectivity index (χ1v) is 5.25. The third-order valence-electron chi connectivity index (χ3n) is 2.25. The lowest BCUT2D eigenvalue weighted by atomic mass is 9.95. The Morgan fingerprint density at radius 2 is 2.06 bits per heavy atom. The number of carbonyl (C=O) groups excluding carboxylic acids is 1. The molecule has 6 heteroatoms. The van der Waals surface area contributed by atoms with Crippen molar-refractivity contribution in [2.24, 2.45) is 5.41 Å². The van der Waals surface area contributed by atoms with Gasteiger partial charge in [0.25, 0.3) is 5.69 Å². The fourth-order valence-electron chi connectivity index (χ4n) is 1.17. The SMILES string of the molecule is CC(C)(C)C(=O)Nc1ccc(C#N)cc1[N+](=O)[O-]. The molecule has 0 saturated heterocycles. The highest BCUT2D eigenvalue weighted by Gasteiger charge is 2.24. The summed E-state index contributed by atoms with van der Waals surface area (Å²) >= 11 is 0. The monoisotopic (exact) mass is 247 g/mol. The Bertz CT molecular complexity index is 538. The van der Waals surface area contributed by atoms with E-state index < -0.39 is 10.3 Å². The number of nitro groups is 1. The average Bonchev–Trinajstić information content (AvgIpc) is 2.27. The highest BCUT2D eigenvalue weighted by Crippen LogP contribution is 2.27. The average molecular weight is 247 g/mol. The zero-order valence-electron chi connectivity index (χ0n) is 10.4. The van der Waals surface area contributed by atoms with Crippen LogP contribution in [0.1, 0.15) is 26.3 Å². The normalized spacial score (nSPS) is 10.6. The van der Waals surface area contributed by atoms with Crippen molar-refractivity contribution in [1.82, 2.24) is 0 Å². The molecule has 6 nitrogen and oxygen atoms in total. The van der Waals surface area contributed by atoms with Crippen LogP contribution in [-0.2, 0) is 4.79 Å². The molecule has 0 aliphatic heterocycles. The molecule has 0 atom stereocenters. The molecule has 0 saturated carbocycles. The highest BCUT2D eigenvalue weighted by atomic mass is 16.6. The van der Waals surface area contributed by atoms with Crippen LogP contribution in [0.3, 0.4) is 0 Å². The topological polar surface area (TPSA) is 96.0 Å². The van der Waals surface area contributed by atoms with Gasteiger partial charge in [-0.05, 0) is 12.1 Å². The van der Waals surface area contributed by atoms with E-state index in [2.05, 4.69) is 5.32 Å². The summed E-state index contributed by atoms with van der Waals surface area (Å²) < 4.78 is 0. The van der Waals surface area contributed by atoms with E-state index in [-0.39, 0.29) is 22.8 Å². The van der Waals surface area contributed by atoms with Crippen molar-refractivity contribution < 1.29 is 9.72 Å². The van der Waals surface area contributed by atoms with E-state index in [9.17, 15) is 14.9 Å². The molecule has 1 aromatic rings. The van der Waals surface area contributed by atoms with Gasteiger partial charge in [0.15, 0.2) is 0 Å². The van der Waals surface area contributed by atoms with Crippen LogP contribution in [0.25, 0.3) is 0 Å². The minimum atomic E-state index is -0.651. The quantitative estimate of drug-likeness (QED) is 0.641. The summed E-state index contributed by atoms with van der Waals surface area (Å²) in [6.07, 6.45) is 0. The Kier molecular flexibility index (Phi) is 3.67. The number of hydrogen-bond donors (Lipinski definition) is 1. The third-order valence-corrected chi connectivity index (χ3v) is 2.25. The van der Waals surface area contributed by atoms with Gasteiger partial charge in [-0.15, -0.1) is 0 Å². The largest absolute Gasteiger partial charge is 0.320 e. The van der Waals surface area contributed by atoms with Gasteiger partial charge in [-0.25, -0.2) is 0 Å². The maximum Gasteiger partial charge on any atom is 0.294 e. The number of hydrogen-bond acceptors (Lipinski definition) is 4. The molecule has 0 spiro atoms. The van der Waals surface area contributed by atoms with Crippen LogP contribution >= 0.6 is 0 Å². The first-order valence-electron chi connectivity index (χ1n) is 5.25. The lowest BCUT2D eigenvalue weighted by Crippen LogP contribution is -2.27. The molecule has 0 fully saturated rings. The Morgan fingerprint density at radius 3 is 2.50 bits per heavy atom. The van der Waals surface area contributed by atoms with Crippen LogP contribution in [0.4, 0.5) is 11.4 Å². The van der Waals surface area contributed by atoms with E-state index >= 15 is 0 Å². The summed E-state index contributed by atoms with van der Waals surface area (Å²) in [7, 11) is 0. The van der Waals surface area contributed by atoms with Gasteiger partial charge in [0, 0.05) is 11.5 Å². The van der Waals surface area contributed by atoms with Gasteiger partial charge in [-0.2, -0.15) is 5.26 Å². The molecule has 1 rings (SSSR count). The fraction of sp³-hybridized carbons (Fsp3) is 0.333. The van der Waals surface area contributed by atoms with E-state index in [1.54, 1.807) is 20.8 Å². The molecular weight excluding hydrogens is 234 g/mol. The lowest BCUT2D eigenvalue weighted by molar-refractivity contribution is -0.384. The zero-order valence-corrected chi connectivity index (χ0v) is 10.4. The summed E-state index contributed by atoms with van der Waals surface area (Å²) in [5.74, 6) is -0.324.